The Balaban J connectivity index is 1.82. The van der Waals surface area contributed by atoms with E-state index in [-0.39, 0.29) is 16.6 Å². The molecule has 0 amide bonds. The van der Waals surface area contributed by atoms with Gasteiger partial charge in [-0.2, -0.15) is 0 Å². The summed E-state index contributed by atoms with van der Waals surface area (Å²) in [6, 6.07) is 21.2. The van der Waals surface area contributed by atoms with E-state index in [1.54, 1.807) is 0 Å². The van der Waals surface area contributed by atoms with Crippen molar-refractivity contribution in [1.29, 1.82) is 0 Å². The van der Waals surface area contributed by atoms with Crippen LogP contribution in [0.4, 0.5) is 0 Å². The molecule has 0 N–H and O–H groups in total. The molecule has 0 aliphatic carbocycles. The van der Waals surface area contributed by atoms with E-state index >= 15 is 0 Å². The molecular formula is C27H32BNO2. The molecule has 2 heterocycles. The summed E-state index contributed by atoms with van der Waals surface area (Å²) in [6.07, 6.45) is 1.90. The molecule has 0 saturated carbocycles. The van der Waals surface area contributed by atoms with Gasteiger partial charge in [-0.05, 0) is 73.5 Å². The standard InChI is InChI=1S/C27H32BNO2/c1-25(2,3)21-15-16-29-24(18-21)20-13-14-23(22(17-20)19-11-9-8-10-12-19)28-30-26(4,5)27(6,7)31-28/h8-18H,1-7H3. The molecule has 3 nitrogen and oxygen atoms in total. The van der Waals surface area contributed by atoms with Crippen LogP contribution in [0.1, 0.15) is 54.0 Å². The van der Waals surface area contributed by atoms with Crippen molar-refractivity contribution in [3.05, 3.63) is 72.4 Å². The number of benzene rings is 2. The molecule has 0 spiro atoms. The molecule has 1 aliphatic heterocycles. The van der Waals surface area contributed by atoms with Crippen LogP contribution in [0, 0.1) is 0 Å². The van der Waals surface area contributed by atoms with E-state index in [1.807, 2.05) is 12.3 Å². The zero-order valence-electron chi connectivity index (χ0n) is 19.7. The van der Waals surface area contributed by atoms with Crippen LogP contribution in [0.2, 0.25) is 0 Å². The molecule has 1 aliphatic rings. The minimum absolute atomic E-state index is 0.0720. The lowest BCUT2D eigenvalue weighted by Gasteiger charge is -2.32. The third-order valence-corrected chi connectivity index (χ3v) is 6.57. The Bertz CT molecular complexity index is 1070. The van der Waals surface area contributed by atoms with Crippen LogP contribution in [0.5, 0.6) is 0 Å². The predicted octanol–water partition coefficient (Wildman–Crippen LogP) is 6.01. The van der Waals surface area contributed by atoms with Gasteiger partial charge in [0.15, 0.2) is 0 Å². The molecule has 160 valence electrons. The first-order valence-electron chi connectivity index (χ1n) is 11.0. The summed E-state index contributed by atoms with van der Waals surface area (Å²) in [4.78, 5) is 4.67. The van der Waals surface area contributed by atoms with Crippen LogP contribution < -0.4 is 5.46 Å². The van der Waals surface area contributed by atoms with Crippen molar-refractivity contribution in [2.75, 3.05) is 0 Å². The molecule has 1 aromatic heterocycles. The van der Waals surface area contributed by atoms with Crippen LogP contribution >= 0.6 is 0 Å². The molecule has 1 saturated heterocycles. The van der Waals surface area contributed by atoms with Crippen LogP contribution in [-0.4, -0.2) is 23.3 Å². The second-order valence-electron chi connectivity index (χ2n) is 10.4. The Hall–Kier alpha value is -2.43. The molecular weight excluding hydrogens is 381 g/mol. The maximum Gasteiger partial charge on any atom is 0.495 e. The number of nitrogens with zero attached hydrogens (tertiary/aromatic N) is 1. The van der Waals surface area contributed by atoms with Gasteiger partial charge in [-0.3, -0.25) is 4.98 Å². The fraction of sp³-hybridized carbons (Fsp3) is 0.370. The zero-order chi connectivity index (χ0) is 22.4. The lowest BCUT2D eigenvalue weighted by atomic mass is 9.73. The molecule has 1 fully saturated rings. The van der Waals surface area contributed by atoms with Crippen molar-refractivity contribution in [2.45, 2.75) is 65.1 Å². The van der Waals surface area contributed by atoms with Crippen LogP contribution in [0.25, 0.3) is 22.4 Å². The van der Waals surface area contributed by atoms with Gasteiger partial charge in [0.2, 0.25) is 0 Å². The summed E-state index contributed by atoms with van der Waals surface area (Å²) < 4.78 is 12.8. The number of pyridine rings is 1. The lowest BCUT2D eigenvalue weighted by Crippen LogP contribution is -2.41. The fourth-order valence-corrected chi connectivity index (χ4v) is 3.81. The quantitative estimate of drug-likeness (QED) is 0.493. The van der Waals surface area contributed by atoms with Crippen molar-refractivity contribution < 1.29 is 9.31 Å². The maximum atomic E-state index is 6.38. The maximum absolute atomic E-state index is 6.38. The van der Waals surface area contributed by atoms with E-state index in [2.05, 4.69) is 108 Å². The normalized spacial score (nSPS) is 17.7. The highest BCUT2D eigenvalue weighted by Gasteiger charge is 2.52. The summed E-state index contributed by atoms with van der Waals surface area (Å²) in [5, 5.41) is 0. The van der Waals surface area contributed by atoms with E-state index in [0.717, 1.165) is 27.8 Å². The number of aromatic nitrogens is 1. The van der Waals surface area contributed by atoms with E-state index < -0.39 is 7.12 Å². The van der Waals surface area contributed by atoms with Crippen molar-refractivity contribution in [2.24, 2.45) is 0 Å². The highest BCUT2D eigenvalue weighted by molar-refractivity contribution is 6.64. The first-order chi connectivity index (χ1) is 14.5. The van der Waals surface area contributed by atoms with E-state index in [4.69, 9.17) is 9.31 Å². The van der Waals surface area contributed by atoms with Gasteiger partial charge in [0.25, 0.3) is 0 Å². The number of rotatable bonds is 3. The molecule has 4 rings (SSSR count). The van der Waals surface area contributed by atoms with Crippen LogP contribution in [0.15, 0.2) is 66.9 Å². The fourth-order valence-electron chi connectivity index (χ4n) is 3.81. The van der Waals surface area contributed by atoms with Crippen molar-refractivity contribution in [3.63, 3.8) is 0 Å². The van der Waals surface area contributed by atoms with Crippen molar-refractivity contribution in [1.82, 2.24) is 4.98 Å². The average Bonchev–Trinajstić information content (AvgIpc) is 2.94. The summed E-state index contributed by atoms with van der Waals surface area (Å²) >= 11 is 0. The van der Waals surface area contributed by atoms with E-state index in [9.17, 15) is 0 Å². The predicted molar refractivity (Wildman–Crippen MR) is 130 cm³/mol. The molecule has 4 heteroatoms. The molecule has 0 bridgehead atoms. The molecule has 3 aromatic rings. The van der Waals surface area contributed by atoms with Gasteiger partial charge in [-0.25, -0.2) is 0 Å². The summed E-state index contributed by atoms with van der Waals surface area (Å²) in [5.74, 6) is 0. The first kappa shape index (κ1) is 21.8. The Morgan fingerprint density at radius 2 is 1.42 bits per heavy atom. The summed E-state index contributed by atoms with van der Waals surface area (Å²) in [7, 11) is -0.414. The Morgan fingerprint density at radius 1 is 0.774 bits per heavy atom. The Kier molecular flexibility index (Phi) is 5.35. The summed E-state index contributed by atoms with van der Waals surface area (Å²) in [6.45, 7) is 15.0. The smallest absolute Gasteiger partial charge is 0.399 e. The van der Waals surface area contributed by atoms with Gasteiger partial charge in [-0.1, -0.05) is 63.2 Å². The Morgan fingerprint density at radius 3 is 2.03 bits per heavy atom. The second kappa shape index (κ2) is 7.61. The monoisotopic (exact) mass is 413 g/mol. The van der Waals surface area contributed by atoms with E-state index in [1.165, 1.54) is 5.56 Å². The SMILES string of the molecule is CC(C)(C)c1ccnc(-c2ccc(B3OC(C)(C)C(C)(C)O3)c(-c3ccccc3)c2)c1. The molecule has 0 atom stereocenters. The molecule has 31 heavy (non-hydrogen) atoms. The van der Waals surface area contributed by atoms with Gasteiger partial charge in [0.1, 0.15) is 0 Å². The first-order valence-corrected chi connectivity index (χ1v) is 11.0. The van der Waals surface area contributed by atoms with Crippen molar-refractivity contribution >= 4 is 12.6 Å². The topological polar surface area (TPSA) is 31.4 Å². The lowest BCUT2D eigenvalue weighted by molar-refractivity contribution is 0.00578. The minimum atomic E-state index is -0.414. The van der Waals surface area contributed by atoms with Crippen LogP contribution in [0.3, 0.4) is 0 Å². The van der Waals surface area contributed by atoms with Gasteiger partial charge in [0, 0.05) is 11.8 Å². The molecule has 0 unspecified atom stereocenters. The largest absolute Gasteiger partial charge is 0.495 e. The molecule has 2 aromatic carbocycles. The summed E-state index contributed by atoms with van der Waals surface area (Å²) in [5.41, 5.74) is 5.94. The highest BCUT2D eigenvalue weighted by Crippen LogP contribution is 2.38. The van der Waals surface area contributed by atoms with Gasteiger partial charge in [0.05, 0.1) is 16.9 Å². The van der Waals surface area contributed by atoms with Crippen LogP contribution in [-0.2, 0) is 14.7 Å². The van der Waals surface area contributed by atoms with Gasteiger partial charge < -0.3 is 9.31 Å². The second-order valence-corrected chi connectivity index (χ2v) is 10.4. The van der Waals surface area contributed by atoms with Crippen molar-refractivity contribution in [3.8, 4) is 22.4 Å². The number of hydrogen-bond acceptors (Lipinski definition) is 3. The van der Waals surface area contributed by atoms with Gasteiger partial charge in [-0.15, -0.1) is 0 Å². The Labute approximate surface area is 187 Å². The minimum Gasteiger partial charge on any atom is -0.399 e. The highest BCUT2D eigenvalue weighted by atomic mass is 16.7. The van der Waals surface area contributed by atoms with E-state index in [0.29, 0.717) is 0 Å². The van der Waals surface area contributed by atoms with Gasteiger partial charge >= 0.3 is 7.12 Å². The average molecular weight is 413 g/mol. The molecule has 0 radical (unpaired) electrons. The third kappa shape index (κ3) is 4.19. The number of hydrogen-bond donors (Lipinski definition) is 0. The third-order valence-electron chi connectivity index (χ3n) is 6.57. The zero-order valence-corrected chi connectivity index (χ0v) is 19.7.